The molecule has 1 aliphatic heterocycles. The van der Waals surface area contributed by atoms with E-state index in [0.29, 0.717) is 49.7 Å². The fourth-order valence-corrected chi connectivity index (χ4v) is 4.13. The molecule has 1 amide bonds. The summed E-state index contributed by atoms with van der Waals surface area (Å²) in [5.41, 5.74) is 1.63. The number of Topliss-reactive ketones (excluding diaryl/α,β-unsaturated/α-hetero) is 1. The predicted molar refractivity (Wildman–Crippen MR) is 119 cm³/mol. The topological polar surface area (TPSA) is 81.1 Å². The van der Waals surface area contributed by atoms with E-state index in [9.17, 15) is 14.4 Å². The van der Waals surface area contributed by atoms with Crippen molar-refractivity contribution in [1.29, 1.82) is 0 Å². The first-order valence-corrected chi connectivity index (χ1v) is 10.9. The van der Waals surface area contributed by atoms with Gasteiger partial charge in [0.1, 0.15) is 5.69 Å². The summed E-state index contributed by atoms with van der Waals surface area (Å²) in [6.45, 7) is 15.8. The number of nitrogens with zero attached hydrogens (tertiary/aromatic N) is 3. The molecule has 1 fully saturated rings. The number of esters is 1. The molecule has 174 valence electrons. The smallest absolute Gasteiger partial charge is 0.354 e. The van der Waals surface area contributed by atoms with E-state index in [2.05, 4.69) is 4.90 Å². The summed E-state index contributed by atoms with van der Waals surface area (Å²) in [5, 5.41) is 0. The molecule has 0 atom stereocenters. The van der Waals surface area contributed by atoms with E-state index in [1.54, 1.807) is 16.4 Å². The highest BCUT2D eigenvalue weighted by Gasteiger charge is 2.32. The van der Waals surface area contributed by atoms with Crippen LogP contribution in [0.2, 0.25) is 0 Å². The Balaban J connectivity index is 2.29. The molecular weight excluding hydrogens is 398 g/mol. The molecule has 0 N–H and O–H groups in total. The second-order valence-electron chi connectivity index (χ2n) is 9.02. The molecule has 31 heavy (non-hydrogen) atoms. The number of carbonyl (C=O) groups is 3. The molecule has 0 saturated carbocycles. The minimum absolute atomic E-state index is 0.0174. The van der Waals surface area contributed by atoms with E-state index in [0.717, 1.165) is 18.8 Å². The van der Waals surface area contributed by atoms with Gasteiger partial charge in [-0.05, 0) is 26.3 Å². The van der Waals surface area contributed by atoms with Gasteiger partial charge in [-0.15, -0.1) is 0 Å². The van der Waals surface area contributed by atoms with Crippen molar-refractivity contribution in [3.05, 3.63) is 22.5 Å². The standard InChI is InChI=1S/C23H37N3O5/c1-8-26-17(3)19(16(2)20(26)21(28)30-7)18(27)15-25(22(29)23(4,5)6)10-9-24-11-13-31-14-12-24/h8-15H2,1-7H3. The highest BCUT2D eigenvalue weighted by Crippen LogP contribution is 2.25. The fraction of sp³-hybridized carbons (Fsp3) is 0.696. The maximum absolute atomic E-state index is 13.4. The zero-order valence-corrected chi connectivity index (χ0v) is 20.0. The third kappa shape index (κ3) is 5.74. The summed E-state index contributed by atoms with van der Waals surface area (Å²) in [6.07, 6.45) is 0. The molecule has 0 unspecified atom stereocenters. The van der Waals surface area contributed by atoms with Gasteiger partial charge in [-0.2, -0.15) is 0 Å². The fourth-order valence-electron chi connectivity index (χ4n) is 4.13. The number of amides is 1. The largest absolute Gasteiger partial charge is 0.464 e. The van der Waals surface area contributed by atoms with Gasteiger partial charge in [0.25, 0.3) is 0 Å². The van der Waals surface area contributed by atoms with Gasteiger partial charge in [0.2, 0.25) is 5.91 Å². The van der Waals surface area contributed by atoms with Crippen LogP contribution >= 0.6 is 0 Å². The molecule has 1 aromatic rings. The van der Waals surface area contributed by atoms with Crippen molar-refractivity contribution in [3.8, 4) is 0 Å². The van der Waals surface area contributed by atoms with Crippen LogP contribution in [0.3, 0.4) is 0 Å². The number of hydrogen-bond donors (Lipinski definition) is 0. The van der Waals surface area contributed by atoms with E-state index in [4.69, 9.17) is 9.47 Å². The van der Waals surface area contributed by atoms with Crippen molar-refractivity contribution in [2.24, 2.45) is 5.41 Å². The van der Waals surface area contributed by atoms with Gasteiger partial charge in [0, 0.05) is 49.4 Å². The quantitative estimate of drug-likeness (QED) is 0.460. The van der Waals surface area contributed by atoms with Gasteiger partial charge in [0.15, 0.2) is 5.78 Å². The van der Waals surface area contributed by atoms with Crippen LogP contribution in [0.15, 0.2) is 0 Å². The Morgan fingerprint density at radius 1 is 1.13 bits per heavy atom. The Kier molecular flexibility index (Phi) is 8.42. The first-order chi connectivity index (χ1) is 14.5. The minimum Gasteiger partial charge on any atom is -0.464 e. The van der Waals surface area contributed by atoms with Gasteiger partial charge in [-0.1, -0.05) is 20.8 Å². The first-order valence-electron chi connectivity index (χ1n) is 10.9. The van der Waals surface area contributed by atoms with Crippen molar-refractivity contribution < 1.29 is 23.9 Å². The van der Waals surface area contributed by atoms with E-state index >= 15 is 0 Å². The normalized spacial score (nSPS) is 15.1. The third-order valence-electron chi connectivity index (χ3n) is 5.79. The summed E-state index contributed by atoms with van der Waals surface area (Å²) in [7, 11) is 1.33. The number of carbonyl (C=O) groups excluding carboxylic acids is 3. The Bertz CT molecular complexity index is 816. The monoisotopic (exact) mass is 435 g/mol. The molecule has 8 heteroatoms. The van der Waals surface area contributed by atoms with Gasteiger partial charge in [0.05, 0.1) is 26.9 Å². The lowest BCUT2D eigenvalue weighted by molar-refractivity contribution is -0.139. The number of methoxy groups -OCH3 is 1. The molecule has 8 nitrogen and oxygen atoms in total. The highest BCUT2D eigenvalue weighted by molar-refractivity contribution is 6.04. The van der Waals surface area contributed by atoms with E-state index in [1.165, 1.54) is 7.11 Å². The van der Waals surface area contributed by atoms with Crippen LogP contribution in [0.1, 0.15) is 59.8 Å². The molecule has 0 radical (unpaired) electrons. The Hall–Kier alpha value is -2.19. The number of morpholine rings is 1. The highest BCUT2D eigenvalue weighted by atomic mass is 16.5. The molecule has 2 heterocycles. The lowest BCUT2D eigenvalue weighted by Gasteiger charge is -2.33. The molecule has 2 rings (SSSR count). The Morgan fingerprint density at radius 2 is 1.74 bits per heavy atom. The van der Waals surface area contributed by atoms with Crippen molar-refractivity contribution >= 4 is 17.7 Å². The number of rotatable bonds is 8. The molecule has 1 aromatic heterocycles. The van der Waals surface area contributed by atoms with Crippen LogP contribution in [-0.4, -0.2) is 85.1 Å². The second kappa shape index (κ2) is 10.4. The average Bonchev–Trinajstić information content (AvgIpc) is 2.99. The summed E-state index contributed by atoms with van der Waals surface area (Å²) < 4.78 is 12.1. The zero-order chi connectivity index (χ0) is 23.3. The van der Waals surface area contributed by atoms with Crippen LogP contribution in [0.4, 0.5) is 0 Å². The van der Waals surface area contributed by atoms with E-state index in [1.807, 2.05) is 34.6 Å². The lowest BCUT2D eigenvalue weighted by Crippen LogP contribution is -2.47. The van der Waals surface area contributed by atoms with Crippen molar-refractivity contribution in [1.82, 2.24) is 14.4 Å². The zero-order valence-electron chi connectivity index (χ0n) is 20.0. The van der Waals surface area contributed by atoms with Crippen LogP contribution in [0, 0.1) is 19.3 Å². The SMILES string of the molecule is CCn1c(C)c(C(=O)CN(CCN2CCOCC2)C(=O)C(C)(C)C)c(C)c1C(=O)OC. The molecule has 0 spiro atoms. The number of hydrogen-bond acceptors (Lipinski definition) is 6. The maximum atomic E-state index is 13.4. The third-order valence-corrected chi connectivity index (χ3v) is 5.79. The predicted octanol–water partition coefficient (Wildman–Crippen LogP) is 2.30. The minimum atomic E-state index is -0.595. The van der Waals surface area contributed by atoms with Crippen LogP contribution < -0.4 is 0 Å². The Labute approximate surface area is 185 Å². The number of ketones is 1. The first kappa shape index (κ1) is 25.1. The molecule has 0 aliphatic carbocycles. The summed E-state index contributed by atoms with van der Waals surface area (Å²) in [4.78, 5) is 42.7. The summed E-state index contributed by atoms with van der Waals surface area (Å²) in [6, 6.07) is 0. The summed E-state index contributed by atoms with van der Waals surface area (Å²) in [5.74, 6) is -0.684. The molecule has 1 aliphatic rings. The van der Waals surface area contributed by atoms with Crippen molar-refractivity contribution in [3.63, 3.8) is 0 Å². The number of aromatic nitrogens is 1. The van der Waals surface area contributed by atoms with Crippen LogP contribution in [0.5, 0.6) is 0 Å². The van der Waals surface area contributed by atoms with Crippen molar-refractivity contribution in [2.75, 3.05) is 53.0 Å². The summed E-state index contributed by atoms with van der Waals surface area (Å²) >= 11 is 0. The molecular formula is C23H37N3O5. The molecule has 0 bridgehead atoms. The van der Waals surface area contributed by atoms with Gasteiger partial charge in [-0.25, -0.2) is 4.79 Å². The second-order valence-corrected chi connectivity index (χ2v) is 9.02. The van der Waals surface area contributed by atoms with Crippen LogP contribution in [0.25, 0.3) is 0 Å². The molecule has 1 saturated heterocycles. The van der Waals surface area contributed by atoms with Crippen LogP contribution in [-0.2, 0) is 20.8 Å². The van der Waals surface area contributed by atoms with E-state index < -0.39 is 11.4 Å². The van der Waals surface area contributed by atoms with Gasteiger partial charge < -0.3 is 18.9 Å². The Morgan fingerprint density at radius 3 is 2.26 bits per heavy atom. The molecule has 0 aromatic carbocycles. The lowest BCUT2D eigenvalue weighted by atomic mass is 9.94. The number of ether oxygens (including phenoxy) is 2. The average molecular weight is 436 g/mol. The van der Waals surface area contributed by atoms with Crippen molar-refractivity contribution in [2.45, 2.75) is 48.1 Å². The van der Waals surface area contributed by atoms with E-state index in [-0.39, 0.29) is 18.2 Å². The maximum Gasteiger partial charge on any atom is 0.354 e. The van der Waals surface area contributed by atoms with Gasteiger partial charge >= 0.3 is 5.97 Å². The van der Waals surface area contributed by atoms with Gasteiger partial charge in [-0.3, -0.25) is 14.5 Å².